The van der Waals surface area contributed by atoms with Gasteiger partial charge in [0.05, 0.1) is 0 Å². The lowest BCUT2D eigenvalue weighted by molar-refractivity contribution is 0.165. The largest absolute Gasteiger partial charge is 0.317 e. The van der Waals surface area contributed by atoms with Gasteiger partial charge in [-0.1, -0.05) is 27.7 Å². The smallest absolute Gasteiger partial charge is 0.0235 e. The third kappa shape index (κ3) is 4.22. The molecule has 0 saturated carbocycles. The molecule has 0 spiro atoms. The second kappa shape index (κ2) is 8.13. The van der Waals surface area contributed by atoms with E-state index in [4.69, 9.17) is 0 Å². The van der Waals surface area contributed by atoms with E-state index in [9.17, 15) is 0 Å². The Morgan fingerprint density at radius 2 is 1.89 bits per heavy atom. The summed E-state index contributed by atoms with van der Waals surface area (Å²) in [7, 11) is 0. The first-order valence-electron chi connectivity index (χ1n) is 7.82. The molecular weight excluding hydrogens is 222 g/mol. The highest BCUT2D eigenvalue weighted by atomic mass is 15.3. The van der Waals surface area contributed by atoms with Gasteiger partial charge in [-0.15, -0.1) is 0 Å². The zero-order valence-corrected chi connectivity index (χ0v) is 13.1. The second-order valence-corrected chi connectivity index (χ2v) is 5.68. The molecule has 0 bridgehead atoms. The summed E-state index contributed by atoms with van der Waals surface area (Å²) >= 11 is 0. The summed E-state index contributed by atoms with van der Waals surface area (Å²) in [6.45, 7) is 18.7. The van der Waals surface area contributed by atoms with E-state index < -0.39 is 0 Å². The summed E-state index contributed by atoms with van der Waals surface area (Å²) in [5.74, 6) is 0.736. The van der Waals surface area contributed by atoms with E-state index in [2.05, 4.69) is 49.7 Å². The molecular formula is C15H33N3. The zero-order chi connectivity index (χ0) is 13.5. The predicted molar refractivity (Wildman–Crippen MR) is 80.1 cm³/mol. The van der Waals surface area contributed by atoms with Crippen molar-refractivity contribution in [2.45, 2.75) is 53.1 Å². The van der Waals surface area contributed by atoms with Crippen molar-refractivity contribution in [1.82, 2.24) is 15.1 Å². The fraction of sp³-hybridized carbons (Fsp3) is 1.00. The van der Waals surface area contributed by atoms with Crippen LogP contribution in [0.1, 0.15) is 41.0 Å². The van der Waals surface area contributed by atoms with Crippen molar-refractivity contribution in [1.29, 1.82) is 0 Å². The molecule has 3 unspecified atom stereocenters. The summed E-state index contributed by atoms with van der Waals surface area (Å²) < 4.78 is 0. The van der Waals surface area contributed by atoms with Crippen LogP contribution >= 0.6 is 0 Å². The molecule has 1 saturated heterocycles. The van der Waals surface area contributed by atoms with Crippen LogP contribution in [0.4, 0.5) is 0 Å². The van der Waals surface area contributed by atoms with E-state index in [0.717, 1.165) is 25.0 Å². The number of nitrogens with zero attached hydrogens (tertiary/aromatic N) is 2. The summed E-state index contributed by atoms with van der Waals surface area (Å²) in [5, 5.41) is 3.47. The third-order valence-electron chi connectivity index (χ3n) is 4.64. The van der Waals surface area contributed by atoms with E-state index in [1.807, 2.05) is 0 Å². The highest BCUT2D eigenvalue weighted by molar-refractivity contribution is 4.87. The molecule has 0 amide bonds. The Hall–Kier alpha value is -0.120. The maximum Gasteiger partial charge on any atom is 0.0235 e. The van der Waals surface area contributed by atoms with Crippen LogP contribution in [0, 0.1) is 5.92 Å². The van der Waals surface area contributed by atoms with Crippen molar-refractivity contribution in [2.24, 2.45) is 5.92 Å². The van der Waals surface area contributed by atoms with Crippen LogP contribution < -0.4 is 5.32 Å². The quantitative estimate of drug-likeness (QED) is 0.716. The van der Waals surface area contributed by atoms with Gasteiger partial charge in [0.25, 0.3) is 0 Å². The van der Waals surface area contributed by atoms with Gasteiger partial charge in [-0.2, -0.15) is 0 Å². The monoisotopic (exact) mass is 255 g/mol. The van der Waals surface area contributed by atoms with Crippen molar-refractivity contribution in [2.75, 3.05) is 39.3 Å². The van der Waals surface area contributed by atoms with Crippen LogP contribution in [-0.2, 0) is 0 Å². The lowest BCUT2D eigenvalue weighted by atomic mass is 10.0. The molecule has 0 aromatic heterocycles. The summed E-state index contributed by atoms with van der Waals surface area (Å²) in [6.07, 6.45) is 1.35. The van der Waals surface area contributed by atoms with Gasteiger partial charge in [0, 0.05) is 25.2 Å². The van der Waals surface area contributed by atoms with Crippen molar-refractivity contribution in [3.05, 3.63) is 0 Å². The first-order chi connectivity index (χ1) is 8.63. The van der Waals surface area contributed by atoms with Crippen LogP contribution in [0.3, 0.4) is 0 Å². The van der Waals surface area contributed by atoms with Gasteiger partial charge in [-0.25, -0.2) is 0 Å². The van der Waals surface area contributed by atoms with Gasteiger partial charge < -0.3 is 5.32 Å². The molecule has 3 nitrogen and oxygen atoms in total. The molecule has 108 valence electrons. The van der Waals surface area contributed by atoms with Crippen molar-refractivity contribution in [3.63, 3.8) is 0 Å². The SMILES string of the molecule is CCNCC(C)C(C)N1CCC(N(CC)CC)C1. The minimum absolute atomic E-state index is 0.699. The number of rotatable bonds is 8. The maximum atomic E-state index is 3.47. The first kappa shape index (κ1) is 15.9. The summed E-state index contributed by atoms with van der Waals surface area (Å²) in [4.78, 5) is 5.30. The van der Waals surface area contributed by atoms with Crippen molar-refractivity contribution < 1.29 is 0 Å². The van der Waals surface area contributed by atoms with E-state index in [1.165, 1.54) is 32.6 Å². The molecule has 1 aliphatic rings. The zero-order valence-electron chi connectivity index (χ0n) is 13.1. The summed E-state index contributed by atoms with van der Waals surface area (Å²) in [6, 6.07) is 1.48. The van der Waals surface area contributed by atoms with Gasteiger partial charge in [-0.05, 0) is 45.4 Å². The van der Waals surface area contributed by atoms with E-state index >= 15 is 0 Å². The molecule has 1 aliphatic heterocycles. The molecule has 1 fully saturated rings. The molecule has 0 aliphatic carbocycles. The van der Waals surface area contributed by atoms with Crippen LogP contribution in [0.15, 0.2) is 0 Å². The Labute approximate surface area is 114 Å². The number of nitrogens with one attached hydrogen (secondary N) is 1. The molecule has 3 atom stereocenters. The molecule has 0 aromatic rings. The van der Waals surface area contributed by atoms with E-state index in [0.29, 0.717) is 6.04 Å². The van der Waals surface area contributed by atoms with Gasteiger partial charge >= 0.3 is 0 Å². The number of likely N-dealkylation sites (N-methyl/N-ethyl adjacent to an activating group) is 1. The predicted octanol–water partition coefficient (Wildman–Crippen LogP) is 2.04. The molecule has 1 rings (SSSR count). The molecule has 0 radical (unpaired) electrons. The number of hydrogen-bond donors (Lipinski definition) is 1. The topological polar surface area (TPSA) is 18.5 Å². The Morgan fingerprint density at radius 1 is 1.22 bits per heavy atom. The average Bonchev–Trinajstić information content (AvgIpc) is 2.86. The lowest BCUT2D eigenvalue weighted by Gasteiger charge is -2.31. The third-order valence-corrected chi connectivity index (χ3v) is 4.64. The standard InChI is InChI=1S/C15H33N3/c1-6-16-11-13(4)14(5)18-10-9-15(12-18)17(7-2)8-3/h13-16H,6-12H2,1-5H3. The Bertz CT molecular complexity index is 216. The lowest BCUT2D eigenvalue weighted by Crippen LogP contribution is -2.43. The van der Waals surface area contributed by atoms with Crippen LogP contribution in [0.5, 0.6) is 0 Å². The normalized spacial score (nSPS) is 24.7. The minimum Gasteiger partial charge on any atom is -0.317 e. The second-order valence-electron chi connectivity index (χ2n) is 5.68. The first-order valence-corrected chi connectivity index (χ1v) is 7.82. The maximum absolute atomic E-state index is 3.47. The van der Waals surface area contributed by atoms with Gasteiger partial charge in [0.2, 0.25) is 0 Å². The van der Waals surface area contributed by atoms with Gasteiger partial charge in [-0.3, -0.25) is 9.80 Å². The molecule has 3 heteroatoms. The molecule has 1 heterocycles. The Morgan fingerprint density at radius 3 is 2.44 bits per heavy atom. The molecule has 18 heavy (non-hydrogen) atoms. The average molecular weight is 255 g/mol. The highest BCUT2D eigenvalue weighted by Crippen LogP contribution is 2.21. The van der Waals surface area contributed by atoms with E-state index in [-0.39, 0.29) is 0 Å². The molecule has 0 aromatic carbocycles. The van der Waals surface area contributed by atoms with E-state index in [1.54, 1.807) is 0 Å². The Balaban J connectivity index is 2.40. The summed E-state index contributed by atoms with van der Waals surface area (Å²) in [5.41, 5.74) is 0. The van der Waals surface area contributed by atoms with Crippen LogP contribution in [0.2, 0.25) is 0 Å². The fourth-order valence-corrected chi connectivity index (χ4v) is 3.08. The van der Waals surface area contributed by atoms with Gasteiger partial charge in [0.15, 0.2) is 0 Å². The highest BCUT2D eigenvalue weighted by Gasteiger charge is 2.30. The van der Waals surface area contributed by atoms with Crippen molar-refractivity contribution in [3.8, 4) is 0 Å². The Kier molecular flexibility index (Phi) is 7.20. The minimum atomic E-state index is 0.699. The van der Waals surface area contributed by atoms with Crippen LogP contribution in [-0.4, -0.2) is 61.2 Å². The van der Waals surface area contributed by atoms with Crippen molar-refractivity contribution >= 4 is 0 Å². The molecule has 1 N–H and O–H groups in total. The van der Waals surface area contributed by atoms with Crippen LogP contribution in [0.25, 0.3) is 0 Å². The fourth-order valence-electron chi connectivity index (χ4n) is 3.08. The number of likely N-dealkylation sites (tertiary alicyclic amines) is 1. The number of hydrogen-bond acceptors (Lipinski definition) is 3. The van der Waals surface area contributed by atoms with Gasteiger partial charge in [0.1, 0.15) is 0 Å².